The van der Waals surface area contributed by atoms with Crippen molar-refractivity contribution in [3.05, 3.63) is 107 Å². The molecule has 1 unspecified atom stereocenters. The lowest BCUT2D eigenvalue weighted by Crippen LogP contribution is -2.54. The molecule has 0 spiro atoms. The van der Waals surface area contributed by atoms with Crippen molar-refractivity contribution in [3.8, 4) is 17.1 Å². The first-order valence-corrected chi connectivity index (χ1v) is 18.7. The maximum atomic E-state index is 13.2. The van der Waals surface area contributed by atoms with E-state index in [0.29, 0.717) is 29.0 Å². The molecule has 3 aromatic heterocycles. The molecule has 2 aliphatic heterocycles. The zero-order valence-electron chi connectivity index (χ0n) is 32.1. The Hall–Kier alpha value is -7.58. The summed E-state index contributed by atoms with van der Waals surface area (Å²) in [7, 11) is 0. The van der Waals surface area contributed by atoms with Crippen molar-refractivity contribution in [2.24, 2.45) is 5.73 Å². The molecule has 6 N–H and O–H groups in total. The first-order chi connectivity index (χ1) is 29.0. The van der Waals surface area contributed by atoms with Crippen LogP contribution in [0.2, 0.25) is 0 Å². The number of hydrogen-bond donors (Lipinski definition) is 5. The summed E-state index contributed by atoms with van der Waals surface area (Å²) in [6.45, 7) is 3.34. The number of primary amides is 1. The lowest BCUT2D eigenvalue weighted by atomic mass is 10.0. The predicted octanol–water partition coefficient (Wildman–Crippen LogP) is 1.86. The van der Waals surface area contributed by atoms with Crippen LogP contribution in [0, 0.1) is 6.92 Å². The SMILES string of the molecule is Cc1cc(-c2nc(C(=O)Nc3cn(-c4ccc(C(=O)NCCOCCOCCNc5cccc6c5C(=O)N(C5CCC(=O)NC5=O)C6=O)cc4)nc3C(N)=O)co2)ccn1. The van der Waals surface area contributed by atoms with Crippen molar-refractivity contribution in [3.63, 3.8) is 0 Å². The van der Waals surface area contributed by atoms with Gasteiger partial charge in [-0.2, -0.15) is 5.10 Å². The molecule has 20 heteroatoms. The maximum absolute atomic E-state index is 13.2. The average molecular weight is 819 g/mol. The van der Waals surface area contributed by atoms with Crippen molar-refractivity contribution >= 4 is 52.7 Å². The number of nitrogens with two attached hydrogens (primary N) is 1. The van der Waals surface area contributed by atoms with Gasteiger partial charge in [0, 0.05) is 48.2 Å². The van der Waals surface area contributed by atoms with E-state index in [9.17, 15) is 33.6 Å². The second-order valence-electron chi connectivity index (χ2n) is 13.5. The van der Waals surface area contributed by atoms with Crippen LogP contribution in [0.4, 0.5) is 11.4 Å². The third-order valence-electron chi connectivity index (χ3n) is 9.40. The molecule has 308 valence electrons. The van der Waals surface area contributed by atoms with Crippen molar-refractivity contribution in [1.29, 1.82) is 0 Å². The largest absolute Gasteiger partial charge is 0.444 e. The highest BCUT2D eigenvalue weighted by Gasteiger charge is 2.45. The van der Waals surface area contributed by atoms with Gasteiger partial charge >= 0.3 is 0 Å². The number of aryl methyl sites for hydroxylation is 1. The van der Waals surface area contributed by atoms with Crippen LogP contribution in [0.5, 0.6) is 0 Å². The number of fused-ring (bicyclic) bond motifs is 1. The van der Waals surface area contributed by atoms with Crippen molar-refractivity contribution < 1.29 is 47.5 Å². The smallest absolute Gasteiger partial charge is 0.277 e. The van der Waals surface area contributed by atoms with Crippen LogP contribution >= 0.6 is 0 Å². The molecular formula is C40H38N10O10. The number of amides is 7. The normalized spacial score (nSPS) is 14.8. The van der Waals surface area contributed by atoms with Gasteiger partial charge in [0.2, 0.25) is 17.7 Å². The van der Waals surface area contributed by atoms with E-state index in [1.54, 1.807) is 54.7 Å². The topological polar surface area (TPSA) is 272 Å². The number of benzene rings is 2. The highest BCUT2D eigenvalue weighted by molar-refractivity contribution is 6.25. The van der Waals surface area contributed by atoms with E-state index in [1.165, 1.54) is 23.2 Å². The number of nitrogens with zero attached hydrogens (tertiary/aromatic N) is 5. The number of carbonyl (C=O) groups excluding carboxylic acids is 7. The van der Waals surface area contributed by atoms with Crippen LogP contribution < -0.4 is 27.0 Å². The fourth-order valence-corrected chi connectivity index (χ4v) is 6.50. The zero-order chi connectivity index (χ0) is 42.3. The molecule has 1 saturated heterocycles. The Labute approximate surface area is 340 Å². The second-order valence-corrected chi connectivity index (χ2v) is 13.5. The minimum atomic E-state index is -1.05. The van der Waals surface area contributed by atoms with E-state index in [0.717, 1.165) is 10.6 Å². The quantitative estimate of drug-likeness (QED) is 0.0662. The van der Waals surface area contributed by atoms with Gasteiger partial charge in [0.15, 0.2) is 11.4 Å². The third-order valence-corrected chi connectivity index (χ3v) is 9.40. The van der Waals surface area contributed by atoms with Crippen LogP contribution in [0.25, 0.3) is 17.1 Å². The molecule has 5 heterocycles. The number of pyridine rings is 1. The van der Waals surface area contributed by atoms with Gasteiger partial charge in [-0.15, -0.1) is 0 Å². The van der Waals surface area contributed by atoms with Crippen molar-refractivity contribution in [1.82, 2.24) is 35.3 Å². The predicted molar refractivity (Wildman–Crippen MR) is 210 cm³/mol. The van der Waals surface area contributed by atoms with Gasteiger partial charge in [0.1, 0.15) is 12.3 Å². The number of carbonyl (C=O) groups is 7. The molecular weight excluding hydrogens is 780 g/mol. The van der Waals surface area contributed by atoms with E-state index in [1.807, 2.05) is 6.92 Å². The number of imide groups is 2. The molecule has 1 fully saturated rings. The third kappa shape index (κ3) is 8.93. The van der Waals surface area contributed by atoms with E-state index >= 15 is 0 Å². The fraction of sp³-hybridized carbons (Fsp3) is 0.250. The van der Waals surface area contributed by atoms with Gasteiger partial charge in [0.25, 0.3) is 29.5 Å². The van der Waals surface area contributed by atoms with E-state index in [4.69, 9.17) is 19.6 Å². The number of anilines is 2. The number of oxazole rings is 1. The Morgan fingerprint density at radius 2 is 1.70 bits per heavy atom. The van der Waals surface area contributed by atoms with Gasteiger partial charge in [-0.25, -0.2) is 9.67 Å². The Bertz CT molecular complexity index is 2500. The molecule has 0 saturated carbocycles. The van der Waals surface area contributed by atoms with E-state index in [2.05, 4.69) is 36.3 Å². The molecule has 60 heavy (non-hydrogen) atoms. The monoisotopic (exact) mass is 818 g/mol. The lowest BCUT2D eigenvalue weighted by Gasteiger charge is -2.27. The number of nitrogens with one attached hydrogen (secondary N) is 4. The van der Waals surface area contributed by atoms with Crippen molar-refractivity contribution in [2.75, 3.05) is 50.2 Å². The molecule has 5 aromatic rings. The van der Waals surface area contributed by atoms with Gasteiger partial charge in [0.05, 0.1) is 55.1 Å². The first kappa shape index (κ1) is 40.6. The van der Waals surface area contributed by atoms with Crippen LogP contribution in [-0.2, 0) is 19.1 Å². The molecule has 7 amide bonds. The summed E-state index contributed by atoms with van der Waals surface area (Å²) in [4.78, 5) is 97.3. The van der Waals surface area contributed by atoms with Crippen LogP contribution in [0.15, 0.2) is 77.7 Å². The fourth-order valence-electron chi connectivity index (χ4n) is 6.50. The number of aromatic nitrogens is 4. The summed E-state index contributed by atoms with van der Waals surface area (Å²) in [5.74, 6) is -3.95. The highest BCUT2D eigenvalue weighted by Crippen LogP contribution is 2.32. The second kappa shape index (κ2) is 17.9. The Morgan fingerprint density at radius 1 is 0.933 bits per heavy atom. The molecule has 0 aliphatic carbocycles. The van der Waals surface area contributed by atoms with Gasteiger partial charge < -0.3 is 35.6 Å². The van der Waals surface area contributed by atoms with E-state index in [-0.39, 0.29) is 85.8 Å². The van der Waals surface area contributed by atoms with Gasteiger partial charge in [-0.1, -0.05) is 6.07 Å². The maximum Gasteiger partial charge on any atom is 0.277 e. The molecule has 0 radical (unpaired) electrons. The van der Waals surface area contributed by atoms with E-state index < -0.39 is 41.5 Å². The summed E-state index contributed by atoms with van der Waals surface area (Å²) in [6, 6.07) is 13.6. The number of piperidine rings is 1. The Kier molecular flexibility index (Phi) is 12.1. The molecule has 20 nitrogen and oxygen atoms in total. The Balaban J connectivity index is 0.813. The first-order valence-electron chi connectivity index (χ1n) is 18.7. The summed E-state index contributed by atoms with van der Waals surface area (Å²) in [5, 5.41) is 14.9. The molecule has 0 bridgehead atoms. The standard InChI is InChI=1S/C40H38N10O10/c1-22-19-24(11-12-42-22)38-46-29(21-60-38)36(54)45-28-20-49(48-33(28)34(41)52)25-7-5-23(6-8-25)35(53)44-14-16-59-18-17-58-15-13-43-27-4-2-3-26-32(27)40(57)50(39(26)56)30-9-10-31(51)47-37(30)55/h2-8,11-12,19-21,30,43H,9-10,13-18H2,1H3,(H2,41,52)(H,44,53)(H,45,54)(H,47,51,55). The minimum absolute atomic E-state index is 0.0297. The zero-order valence-corrected chi connectivity index (χ0v) is 32.1. The average Bonchev–Trinajstić information content (AvgIpc) is 3.96. The van der Waals surface area contributed by atoms with Crippen LogP contribution in [0.3, 0.4) is 0 Å². The minimum Gasteiger partial charge on any atom is -0.444 e. The molecule has 2 aromatic carbocycles. The van der Waals surface area contributed by atoms with Crippen molar-refractivity contribution in [2.45, 2.75) is 25.8 Å². The van der Waals surface area contributed by atoms with Crippen LogP contribution in [0.1, 0.15) is 70.6 Å². The number of hydrogen-bond acceptors (Lipinski definition) is 14. The summed E-state index contributed by atoms with van der Waals surface area (Å²) < 4.78 is 18.0. The summed E-state index contributed by atoms with van der Waals surface area (Å²) in [6.07, 6.45) is 4.31. The van der Waals surface area contributed by atoms with Gasteiger partial charge in [-0.05, 0) is 61.9 Å². The summed E-state index contributed by atoms with van der Waals surface area (Å²) in [5.41, 5.74) is 8.37. The molecule has 2 aliphatic rings. The highest BCUT2D eigenvalue weighted by atomic mass is 16.5. The number of rotatable bonds is 17. The molecule has 1 atom stereocenters. The Morgan fingerprint density at radius 3 is 2.43 bits per heavy atom. The summed E-state index contributed by atoms with van der Waals surface area (Å²) >= 11 is 0. The molecule has 7 rings (SSSR count). The van der Waals surface area contributed by atoms with Gasteiger partial charge in [-0.3, -0.25) is 48.8 Å². The number of ether oxygens (including phenoxy) is 2. The van der Waals surface area contributed by atoms with Crippen LogP contribution in [-0.4, -0.2) is 112 Å². The lowest BCUT2D eigenvalue weighted by molar-refractivity contribution is -0.136.